The molecule has 0 aromatic carbocycles. The van der Waals surface area contributed by atoms with Crippen LogP contribution < -0.4 is 10.5 Å². The van der Waals surface area contributed by atoms with E-state index in [0.29, 0.717) is 6.54 Å². The number of fused-ring (bicyclic) bond motifs is 1. The smallest absolute Gasteiger partial charge is 0.215 e. The molecule has 98 valence electrons. The monoisotopic (exact) mass is 280 g/mol. The highest BCUT2D eigenvalue weighted by molar-refractivity contribution is 5.85. The van der Waals surface area contributed by atoms with Gasteiger partial charge < -0.3 is 15.8 Å². The van der Waals surface area contributed by atoms with Crippen LogP contribution in [0.4, 0.5) is 0 Å². The summed E-state index contributed by atoms with van der Waals surface area (Å²) in [7, 11) is 0. The third-order valence-corrected chi connectivity index (χ3v) is 2.81. The van der Waals surface area contributed by atoms with Gasteiger partial charge in [0.1, 0.15) is 5.69 Å². The van der Waals surface area contributed by atoms with E-state index < -0.39 is 0 Å². The van der Waals surface area contributed by atoms with Crippen molar-refractivity contribution in [3.8, 4) is 0 Å². The quantitative estimate of drug-likeness (QED) is 0.608. The lowest BCUT2D eigenvalue weighted by molar-refractivity contribution is -0.615. The summed E-state index contributed by atoms with van der Waals surface area (Å²) < 4.78 is 0.939. The first-order valence-corrected chi connectivity index (χ1v) is 5.29. The second-order valence-corrected chi connectivity index (χ2v) is 3.78. The van der Waals surface area contributed by atoms with E-state index in [0.717, 1.165) is 48.6 Å². The molecular formula is C10H18Cl2N4O. The Morgan fingerprint density at radius 3 is 2.76 bits per heavy atom. The standard InChI is InChI=1S/C10H16N4O.2ClH/c11-3-7-13-5-1-9-10(2-6-13)14(15)8-4-12-9;;/h4,8H,1-3,5-7,11H2;2*1H. The lowest BCUT2D eigenvalue weighted by Crippen LogP contribution is -2.35. The van der Waals surface area contributed by atoms with E-state index in [1.54, 1.807) is 6.20 Å². The van der Waals surface area contributed by atoms with Crippen LogP contribution in [0.5, 0.6) is 0 Å². The minimum atomic E-state index is 0. The molecule has 0 amide bonds. The van der Waals surface area contributed by atoms with Crippen molar-refractivity contribution in [3.63, 3.8) is 0 Å². The first kappa shape index (κ1) is 16.4. The van der Waals surface area contributed by atoms with E-state index in [1.807, 2.05) is 0 Å². The Labute approximate surface area is 113 Å². The molecule has 1 aliphatic rings. The molecule has 0 atom stereocenters. The van der Waals surface area contributed by atoms with Crippen LogP contribution in [0.2, 0.25) is 0 Å². The average molecular weight is 281 g/mol. The zero-order valence-electron chi connectivity index (χ0n) is 9.54. The maximum atomic E-state index is 11.5. The van der Waals surface area contributed by atoms with Crippen LogP contribution in [0, 0.1) is 5.21 Å². The summed E-state index contributed by atoms with van der Waals surface area (Å²) in [5.41, 5.74) is 7.27. The Kier molecular flexibility index (Phi) is 7.38. The molecule has 0 saturated heterocycles. The molecule has 1 aromatic heterocycles. The van der Waals surface area contributed by atoms with Crippen molar-refractivity contribution < 1.29 is 4.73 Å². The second-order valence-electron chi connectivity index (χ2n) is 3.78. The molecule has 1 aliphatic heterocycles. The number of hydrogen-bond donors (Lipinski definition) is 1. The third kappa shape index (κ3) is 3.96. The summed E-state index contributed by atoms with van der Waals surface area (Å²) in [4.78, 5) is 6.54. The number of rotatable bonds is 2. The molecule has 17 heavy (non-hydrogen) atoms. The van der Waals surface area contributed by atoms with Crippen molar-refractivity contribution in [3.05, 3.63) is 29.0 Å². The van der Waals surface area contributed by atoms with Crippen LogP contribution in [-0.2, 0) is 12.8 Å². The Morgan fingerprint density at radius 1 is 1.35 bits per heavy atom. The van der Waals surface area contributed by atoms with Gasteiger partial charge in [-0.3, -0.25) is 0 Å². The number of aromatic nitrogens is 2. The zero-order valence-corrected chi connectivity index (χ0v) is 11.2. The van der Waals surface area contributed by atoms with Crippen LogP contribution in [0.25, 0.3) is 0 Å². The van der Waals surface area contributed by atoms with Crippen molar-refractivity contribution >= 4 is 24.8 Å². The summed E-state index contributed by atoms with van der Waals surface area (Å²) in [6, 6.07) is 0. The molecule has 0 spiro atoms. The van der Waals surface area contributed by atoms with E-state index in [1.165, 1.54) is 6.20 Å². The van der Waals surface area contributed by atoms with Crippen LogP contribution in [0.15, 0.2) is 12.4 Å². The normalized spacial score (nSPS) is 15.1. The summed E-state index contributed by atoms with van der Waals surface area (Å²) in [6.07, 6.45) is 4.66. The van der Waals surface area contributed by atoms with Gasteiger partial charge in [0, 0.05) is 39.0 Å². The second kappa shape index (κ2) is 7.66. The molecule has 2 heterocycles. The fourth-order valence-corrected chi connectivity index (χ4v) is 1.98. The van der Waals surface area contributed by atoms with Crippen LogP contribution in [0.1, 0.15) is 11.4 Å². The number of nitrogens with zero attached hydrogens (tertiary/aromatic N) is 3. The van der Waals surface area contributed by atoms with E-state index in [9.17, 15) is 5.21 Å². The Balaban J connectivity index is 0.00000128. The van der Waals surface area contributed by atoms with Gasteiger partial charge in [-0.1, -0.05) is 0 Å². The van der Waals surface area contributed by atoms with Gasteiger partial charge in [0.15, 0.2) is 6.20 Å². The lowest BCUT2D eigenvalue weighted by atomic mass is 10.2. The van der Waals surface area contributed by atoms with Crippen molar-refractivity contribution in [2.24, 2.45) is 5.73 Å². The van der Waals surface area contributed by atoms with Gasteiger partial charge in [0.2, 0.25) is 5.69 Å². The predicted octanol–water partition coefficient (Wildman–Crippen LogP) is -0.0821. The number of halogens is 2. The highest BCUT2D eigenvalue weighted by Gasteiger charge is 2.19. The predicted molar refractivity (Wildman–Crippen MR) is 70.6 cm³/mol. The first-order valence-electron chi connectivity index (χ1n) is 5.29. The largest absolute Gasteiger partial charge is 0.618 e. The fraction of sp³-hybridized carbons (Fsp3) is 0.600. The Hall–Kier alpha value is -0.620. The number of hydrogen-bond acceptors (Lipinski definition) is 4. The third-order valence-electron chi connectivity index (χ3n) is 2.81. The molecule has 0 saturated carbocycles. The molecule has 2 rings (SSSR count). The van der Waals surface area contributed by atoms with Crippen molar-refractivity contribution in [1.82, 2.24) is 9.88 Å². The SMILES string of the molecule is Cl.Cl.NCCN1CCc2ncc[n+]([O-])c2CC1. The highest BCUT2D eigenvalue weighted by atomic mass is 35.5. The topological polar surface area (TPSA) is 69.1 Å². The van der Waals surface area contributed by atoms with Crippen LogP contribution >= 0.6 is 24.8 Å². The summed E-state index contributed by atoms with van der Waals surface area (Å²) in [5, 5.41) is 11.5. The van der Waals surface area contributed by atoms with E-state index in [-0.39, 0.29) is 24.8 Å². The lowest BCUT2D eigenvalue weighted by Gasteiger charge is -2.17. The molecule has 0 bridgehead atoms. The van der Waals surface area contributed by atoms with Crippen molar-refractivity contribution in [2.45, 2.75) is 12.8 Å². The van der Waals surface area contributed by atoms with Gasteiger partial charge in [0.25, 0.3) is 0 Å². The molecular weight excluding hydrogens is 263 g/mol. The van der Waals surface area contributed by atoms with Gasteiger partial charge >= 0.3 is 0 Å². The van der Waals surface area contributed by atoms with Gasteiger partial charge in [-0.2, -0.15) is 4.73 Å². The molecule has 5 nitrogen and oxygen atoms in total. The minimum Gasteiger partial charge on any atom is -0.618 e. The Bertz CT molecular complexity index is 351. The zero-order chi connectivity index (χ0) is 10.7. The van der Waals surface area contributed by atoms with Crippen molar-refractivity contribution in [2.75, 3.05) is 26.2 Å². The molecule has 0 fully saturated rings. The van der Waals surface area contributed by atoms with Crippen LogP contribution in [-0.4, -0.2) is 36.1 Å². The first-order chi connectivity index (χ1) is 7.31. The molecule has 0 aliphatic carbocycles. The molecule has 1 aromatic rings. The number of nitrogens with two attached hydrogens (primary N) is 1. The van der Waals surface area contributed by atoms with Crippen molar-refractivity contribution in [1.29, 1.82) is 0 Å². The highest BCUT2D eigenvalue weighted by Crippen LogP contribution is 2.08. The molecule has 0 unspecified atom stereocenters. The van der Waals surface area contributed by atoms with Gasteiger partial charge in [-0.15, -0.1) is 24.8 Å². The Morgan fingerprint density at radius 2 is 2.06 bits per heavy atom. The van der Waals surface area contributed by atoms with E-state index in [4.69, 9.17) is 5.73 Å². The molecule has 0 radical (unpaired) electrons. The average Bonchev–Trinajstić information content (AvgIpc) is 2.43. The minimum absolute atomic E-state index is 0. The fourth-order valence-electron chi connectivity index (χ4n) is 1.98. The van der Waals surface area contributed by atoms with Gasteiger partial charge in [0.05, 0.1) is 6.20 Å². The van der Waals surface area contributed by atoms with E-state index >= 15 is 0 Å². The summed E-state index contributed by atoms with van der Waals surface area (Å²) in [6.45, 7) is 3.41. The van der Waals surface area contributed by atoms with Crippen LogP contribution in [0.3, 0.4) is 0 Å². The maximum absolute atomic E-state index is 11.5. The molecule has 2 N–H and O–H groups in total. The van der Waals surface area contributed by atoms with E-state index in [2.05, 4.69) is 9.88 Å². The summed E-state index contributed by atoms with van der Waals surface area (Å²) in [5.74, 6) is 0. The summed E-state index contributed by atoms with van der Waals surface area (Å²) >= 11 is 0. The van der Waals surface area contributed by atoms with Gasteiger partial charge in [-0.25, -0.2) is 4.98 Å². The van der Waals surface area contributed by atoms with Gasteiger partial charge in [-0.05, 0) is 0 Å². The maximum Gasteiger partial charge on any atom is 0.215 e. The molecule has 7 heteroatoms.